The van der Waals surface area contributed by atoms with Crippen LogP contribution in [-0.4, -0.2) is 28.8 Å². The lowest BCUT2D eigenvalue weighted by molar-refractivity contribution is -0.114. The zero-order valence-corrected chi connectivity index (χ0v) is 17.7. The van der Waals surface area contributed by atoms with Crippen LogP contribution in [0.15, 0.2) is 6.07 Å². The maximum absolute atomic E-state index is 12.6. The van der Waals surface area contributed by atoms with Crippen molar-refractivity contribution in [2.45, 2.75) is 54.5 Å². The van der Waals surface area contributed by atoms with E-state index in [0.29, 0.717) is 16.1 Å². The number of nitrogens with one attached hydrogen (secondary N) is 1. The van der Waals surface area contributed by atoms with Crippen molar-refractivity contribution in [3.8, 4) is 0 Å². The van der Waals surface area contributed by atoms with Crippen molar-refractivity contribution >= 4 is 34.0 Å². The van der Waals surface area contributed by atoms with Crippen LogP contribution < -0.4 is 5.32 Å². The van der Waals surface area contributed by atoms with E-state index in [1.54, 1.807) is 6.92 Å². The minimum Gasteiger partial charge on any atom is -0.454 e. The SMILES string of the molecule is CC(=O)Nc1sc(C)c(C)c1C(=O)OCC(=O)c1cc(C)n(C(C)C)c1C. The zero-order valence-electron chi connectivity index (χ0n) is 16.9. The smallest absolute Gasteiger partial charge is 0.341 e. The third-order valence-electron chi connectivity index (χ3n) is 4.51. The van der Waals surface area contributed by atoms with Crippen molar-refractivity contribution in [3.05, 3.63) is 39.0 Å². The highest BCUT2D eigenvalue weighted by molar-refractivity contribution is 7.16. The van der Waals surface area contributed by atoms with E-state index < -0.39 is 5.97 Å². The fourth-order valence-corrected chi connectivity index (χ4v) is 4.35. The molecule has 2 heterocycles. The number of rotatable bonds is 6. The number of aromatic nitrogens is 1. The standard InChI is InChI=1S/C20H26N2O4S/c1-10(2)22-11(3)8-16(13(22)5)17(24)9-26-20(25)18-12(4)14(6)27-19(18)21-15(7)23/h8,10H,9H2,1-7H3,(H,21,23). The van der Waals surface area contributed by atoms with Gasteiger partial charge in [-0.25, -0.2) is 4.79 Å². The highest BCUT2D eigenvalue weighted by Gasteiger charge is 2.24. The summed E-state index contributed by atoms with van der Waals surface area (Å²) in [7, 11) is 0. The fraction of sp³-hybridized carbons (Fsp3) is 0.450. The molecule has 6 nitrogen and oxygen atoms in total. The molecule has 0 radical (unpaired) electrons. The molecule has 0 saturated carbocycles. The maximum atomic E-state index is 12.6. The van der Waals surface area contributed by atoms with Crippen LogP contribution in [0.1, 0.15) is 69.4 Å². The van der Waals surface area contributed by atoms with Gasteiger partial charge in [0.15, 0.2) is 6.61 Å². The lowest BCUT2D eigenvalue weighted by Crippen LogP contribution is -2.17. The van der Waals surface area contributed by atoms with Gasteiger partial charge in [0.1, 0.15) is 5.00 Å². The van der Waals surface area contributed by atoms with Gasteiger partial charge in [0.25, 0.3) is 0 Å². The number of hydrogen-bond acceptors (Lipinski definition) is 5. The Morgan fingerprint density at radius 1 is 1.19 bits per heavy atom. The van der Waals surface area contributed by atoms with Gasteiger partial charge < -0.3 is 14.6 Å². The number of aryl methyl sites for hydroxylation is 2. The molecule has 1 N–H and O–H groups in total. The summed E-state index contributed by atoms with van der Waals surface area (Å²) in [5, 5.41) is 3.11. The molecule has 2 rings (SSSR count). The average molecular weight is 391 g/mol. The Kier molecular flexibility index (Phi) is 6.26. The van der Waals surface area contributed by atoms with Crippen LogP contribution in [0.25, 0.3) is 0 Å². The monoisotopic (exact) mass is 390 g/mol. The van der Waals surface area contributed by atoms with Gasteiger partial charge in [-0.3, -0.25) is 9.59 Å². The highest BCUT2D eigenvalue weighted by atomic mass is 32.1. The van der Waals surface area contributed by atoms with Crippen LogP contribution in [0.2, 0.25) is 0 Å². The number of esters is 1. The van der Waals surface area contributed by atoms with Crippen LogP contribution >= 0.6 is 11.3 Å². The minimum absolute atomic E-state index is 0.241. The number of nitrogens with zero attached hydrogens (tertiary/aromatic N) is 1. The third kappa shape index (κ3) is 4.30. The maximum Gasteiger partial charge on any atom is 0.341 e. The minimum atomic E-state index is -0.605. The summed E-state index contributed by atoms with van der Waals surface area (Å²) in [6, 6.07) is 2.07. The lowest BCUT2D eigenvalue weighted by Gasteiger charge is -2.13. The molecule has 7 heteroatoms. The van der Waals surface area contributed by atoms with E-state index in [4.69, 9.17) is 4.74 Å². The molecule has 2 aromatic rings. The molecule has 0 bridgehead atoms. The summed E-state index contributed by atoms with van der Waals surface area (Å²) in [6.45, 7) is 12.7. The number of hydrogen-bond donors (Lipinski definition) is 1. The molecule has 0 fully saturated rings. The van der Waals surface area contributed by atoms with E-state index in [1.807, 2.05) is 26.8 Å². The van der Waals surface area contributed by atoms with Crippen LogP contribution in [0, 0.1) is 27.7 Å². The van der Waals surface area contributed by atoms with Crippen molar-refractivity contribution in [2.75, 3.05) is 11.9 Å². The summed E-state index contributed by atoms with van der Waals surface area (Å²) in [4.78, 5) is 37.4. The molecule has 0 unspecified atom stereocenters. The molecule has 0 aliphatic heterocycles. The van der Waals surface area contributed by atoms with E-state index in [2.05, 4.69) is 23.7 Å². The normalized spacial score (nSPS) is 11.0. The first-order chi connectivity index (χ1) is 12.5. The van der Waals surface area contributed by atoms with Crippen molar-refractivity contribution in [2.24, 2.45) is 0 Å². The Labute approximate surface area is 163 Å². The third-order valence-corrected chi connectivity index (χ3v) is 5.64. The second-order valence-electron chi connectivity index (χ2n) is 6.92. The Morgan fingerprint density at radius 2 is 1.81 bits per heavy atom. The first-order valence-electron chi connectivity index (χ1n) is 8.80. The van der Waals surface area contributed by atoms with Crippen molar-refractivity contribution in [1.29, 1.82) is 0 Å². The van der Waals surface area contributed by atoms with Crippen molar-refractivity contribution in [1.82, 2.24) is 4.57 Å². The second-order valence-corrected chi connectivity index (χ2v) is 8.14. The van der Waals surface area contributed by atoms with Crippen LogP contribution in [0.4, 0.5) is 5.00 Å². The predicted molar refractivity (Wildman–Crippen MR) is 107 cm³/mol. The second kappa shape index (κ2) is 8.08. The molecule has 27 heavy (non-hydrogen) atoms. The van der Waals surface area contributed by atoms with E-state index in [1.165, 1.54) is 18.3 Å². The number of Topliss-reactive ketones (excluding diaryl/α,β-unsaturated/α-hetero) is 1. The van der Waals surface area contributed by atoms with Gasteiger partial charge in [0.05, 0.1) is 5.56 Å². The highest BCUT2D eigenvalue weighted by Crippen LogP contribution is 2.33. The Balaban J connectivity index is 2.18. The molecule has 0 atom stereocenters. The van der Waals surface area contributed by atoms with E-state index >= 15 is 0 Å². The summed E-state index contributed by atoms with van der Waals surface area (Å²) in [6.07, 6.45) is 0. The van der Waals surface area contributed by atoms with Gasteiger partial charge in [-0.1, -0.05) is 0 Å². The number of ether oxygens (including phenoxy) is 1. The van der Waals surface area contributed by atoms with Gasteiger partial charge >= 0.3 is 5.97 Å². The van der Waals surface area contributed by atoms with Crippen LogP contribution in [0.3, 0.4) is 0 Å². The van der Waals surface area contributed by atoms with Gasteiger partial charge in [-0.05, 0) is 53.2 Å². The van der Waals surface area contributed by atoms with E-state index in [-0.39, 0.29) is 24.3 Å². The molecule has 0 saturated heterocycles. The molecule has 1 amide bonds. The molecular formula is C20H26N2O4S. The van der Waals surface area contributed by atoms with Gasteiger partial charge in [-0.2, -0.15) is 0 Å². The lowest BCUT2D eigenvalue weighted by atomic mass is 10.1. The van der Waals surface area contributed by atoms with Crippen LogP contribution in [-0.2, 0) is 9.53 Å². The first-order valence-corrected chi connectivity index (χ1v) is 9.62. The number of carbonyl (C=O) groups excluding carboxylic acids is 3. The average Bonchev–Trinajstić information content (AvgIpc) is 3.00. The summed E-state index contributed by atoms with van der Waals surface area (Å²) in [5.74, 6) is -1.11. The van der Waals surface area contributed by atoms with Gasteiger partial charge in [0, 0.05) is 34.8 Å². The Bertz CT molecular complexity index is 906. The fourth-order valence-electron chi connectivity index (χ4n) is 3.26. The number of amides is 1. The molecule has 2 aromatic heterocycles. The van der Waals surface area contributed by atoms with E-state index in [0.717, 1.165) is 21.8 Å². The molecular weight excluding hydrogens is 364 g/mol. The van der Waals surface area contributed by atoms with Crippen molar-refractivity contribution in [3.63, 3.8) is 0 Å². The number of ketones is 1. The number of carbonyl (C=O) groups is 3. The molecule has 0 aromatic carbocycles. The predicted octanol–water partition coefficient (Wildman–Crippen LogP) is 4.36. The van der Waals surface area contributed by atoms with E-state index in [9.17, 15) is 14.4 Å². The molecule has 0 spiro atoms. The van der Waals surface area contributed by atoms with Gasteiger partial charge in [-0.15, -0.1) is 11.3 Å². The zero-order chi connectivity index (χ0) is 20.5. The largest absolute Gasteiger partial charge is 0.454 e. The van der Waals surface area contributed by atoms with Gasteiger partial charge in [0.2, 0.25) is 11.7 Å². The summed E-state index contributed by atoms with van der Waals surface area (Å²) < 4.78 is 7.36. The number of thiophene rings is 1. The van der Waals surface area contributed by atoms with Crippen molar-refractivity contribution < 1.29 is 19.1 Å². The first kappa shape index (κ1) is 20.9. The quantitative estimate of drug-likeness (QED) is 0.587. The molecule has 146 valence electrons. The molecule has 0 aliphatic carbocycles. The topological polar surface area (TPSA) is 77.4 Å². The Morgan fingerprint density at radius 3 is 2.33 bits per heavy atom. The van der Waals surface area contributed by atoms with Crippen LogP contribution in [0.5, 0.6) is 0 Å². The molecule has 0 aliphatic rings. The Hall–Kier alpha value is -2.41. The number of anilines is 1. The summed E-state index contributed by atoms with van der Waals surface area (Å²) >= 11 is 1.32. The summed E-state index contributed by atoms with van der Waals surface area (Å²) in [5.41, 5.74) is 3.49.